The Morgan fingerprint density at radius 3 is 2.67 bits per heavy atom. The van der Waals surface area contributed by atoms with E-state index in [1.54, 1.807) is 18.2 Å². The highest BCUT2D eigenvalue weighted by Crippen LogP contribution is 2.31. The molecule has 0 fully saturated rings. The summed E-state index contributed by atoms with van der Waals surface area (Å²) in [6.07, 6.45) is 0. The molecule has 0 bridgehead atoms. The summed E-state index contributed by atoms with van der Waals surface area (Å²) in [7, 11) is 0. The number of hydrogen-bond acceptors (Lipinski definition) is 2. The summed E-state index contributed by atoms with van der Waals surface area (Å²) in [6, 6.07) is 10.0. The van der Waals surface area contributed by atoms with Gasteiger partial charge < -0.3 is 10.5 Å². The number of ether oxygens (including phenoxy) is 1. The van der Waals surface area contributed by atoms with Crippen LogP contribution in [0.15, 0.2) is 45.3 Å². The Morgan fingerprint density at radius 1 is 1.17 bits per heavy atom. The summed E-state index contributed by atoms with van der Waals surface area (Å²) in [5.41, 5.74) is 7.09. The van der Waals surface area contributed by atoms with Crippen molar-refractivity contribution in [3.8, 4) is 5.75 Å². The first-order valence-electron chi connectivity index (χ1n) is 5.18. The lowest BCUT2D eigenvalue weighted by Gasteiger charge is -2.10. The summed E-state index contributed by atoms with van der Waals surface area (Å²) in [5, 5.41) is 0. The maximum atomic E-state index is 13.2. The molecular formula is C13H10Br2FNO. The number of anilines is 1. The van der Waals surface area contributed by atoms with E-state index in [1.807, 2.05) is 6.07 Å². The molecule has 0 aliphatic heterocycles. The third-order valence-corrected chi connectivity index (χ3v) is 3.62. The predicted octanol–water partition coefficient (Wildman–Crippen LogP) is 4.51. The molecule has 0 saturated heterocycles. The molecule has 2 aromatic rings. The van der Waals surface area contributed by atoms with E-state index in [0.29, 0.717) is 20.4 Å². The molecule has 0 unspecified atom stereocenters. The van der Waals surface area contributed by atoms with Gasteiger partial charge in [0.25, 0.3) is 0 Å². The van der Waals surface area contributed by atoms with Gasteiger partial charge in [-0.05, 0) is 51.8 Å². The SMILES string of the molecule is Nc1cccc(OCc2cc(F)cc(Br)c2)c1Br. The van der Waals surface area contributed by atoms with Gasteiger partial charge in [-0.3, -0.25) is 0 Å². The van der Waals surface area contributed by atoms with Crippen LogP contribution in [0.5, 0.6) is 5.75 Å². The third-order valence-electron chi connectivity index (χ3n) is 2.31. The summed E-state index contributed by atoms with van der Waals surface area (Å²) in [4.78, 5) is 0. The topological polar surface area (TPSA) is 35.2 Å². The van der Waals surface area contributed by atoms with Crippen molar-refractivity contribution in [2.24, 2.45) is 0 Å². The fraction of sp³-hybridized carbons (Fsp3) is 0.0769. The average Bonchev–Trinajstić information content (AvgIpc) is 2.30. The molecule has 2 aromatic carbocycles. The number of hydrogen-bond donors (Lipinski definition) is 1. The van der Waals surface area contributed by atoms with Crippen molar-refractivity contribution in [1.82, 2.24) is 0 Å². The van der Waals surface area contributed by atoms with E-state index in [-0.39, 0.29) is 12.4 Å². The second-order valence-electron chi connectivity index (χ2n) is 3.73. The lowest BCUT2D eigenvalue weighted by atomic mass is 10.2. The number of nitrogens with two attached hydrogens (primary N) is 1. The van der Waals surface area contributed by atoms with Crippen molar-refractivity contribution in [3.63, 3.8) is 0 Å². The minimum absolute atomic E-state index is 0.276. The van der Waals surface area contributed by atoms with E-state index in [1.165, 1.54) is 12.1 Å². The minimum Gasteiger partial charge on any atom is -0.488 e. The van der Waals surface area contributed by atoms with E-state index in [0.717, 1.165) is 5.56 Å². The van der Waals surface area contributed by atoms with Crippen molar-refractivity contribution in [1.29, 1.82) is 0 Å². The number of halogens is 3. The molecule has 0 amide bonds. The molecule has 0 heterocycles. The Balaban J connectivity index is 2.14. The average molecular weight is 375 g/mol. The van der Waals surface area contributed by atoms with E-state index >= 15 is 0 Å². The largest absolute Gasteiger partial charge is 0.488 e. The molecule has 0 saturated carbocycles. The van der Waals surface area contributed by atoms with E-state index < -0.39 is 0 Å². The number of rotatable bonds is 3. The molecule has 18 heavy (non-hydrogen) atoms. The predicted molar refractivity (Wildman–Crippen MR) is 77.0 cm³/mol. The van der Waals surface area contributed by atoms with E-state index in [9.17, 15) is 4.39 Å². The molecule has 0 spiro atoms. The summed E-state index contributed by atoms with van der Waals surface area (Å²) in [6.45, 7) is 0.276. The smallest absolute Gasteiger partial charge is 0.136 e. The molecule has 0 radical (unpaired) electrons. The van der Waals surface area contributed by atoms with Gasteiger partial charge in [-0.1, -0.05) is 22.0 Å². The van der Waals surface area contributed by atoms with Crippen LogP contribution >= 0.6 is 31.9 Å². The molecule has 94 valence electrons. The first-order chi connectivity index (χ1) is 8.56. The maximum Gasteiger partial charge on any atom is 0.136 e. The Morgan fingerprint density at radius 2 is 1.94 bits per heavy atom. The molecule has 0 aliphatic carbocycles. The molecular weight excluding hydrogens is 365 g/mol. The van der Waals surface area contributed by atoms with Gasteiger partial charge in [0.05, 0.1) is 4.47 Å². The highest BCUT2D eigenvalue weighted by molar-refractivity contribution is 9.11. The number of benzene rings is 2. The van der Waals surface area contributed by atoms with Gasteiger partial charge in [0.1, 0.15) is 18.2 Å². The first-order valence-corrected chi connectivity index (χ1v) is 6.76. The molecule has 5 heteroatoms. The Labute approximate surface area is 121 Å². The van der Waals surface area contributed by atoms with E-state index in [2.05, 4.69) is 31.9 Å². The Hall–Kier alpha value is -1.07. The van der Waals surface area contributed by atoms with Crippen molar-refractivity contribution < 1.29 is 9.13 Å². The zero-order valence-electron chi connectivity index (χ0n) is 9.29. The zero-order valence-corrected chi connectivity index (χ0v) is 12.5. The summed E-state index contributed by atoms with van der Waals surface area (Å²) in [5.74, 6) is 0.338. The van der Waals surface area contributed by atoms with Gasteiger partial charge in [0.15, 0.2) is 0 Å². The standard InChI is InChI=1S/C13H10Br2FNO/c14-9-4-8(5-10(16)6-9)7-18-12-3-1-2-11(17)13(12)15/h1-6H,7,17H2. The molecule has 2 nitrogen and oxygen atoms in total. The van der Waals surface area contributed by atoms with Crippen molar-refractivity contribution in [2.45, 2.75) is 6.61 Å². The van der Waals surface area contributed by atoms with Crippen LogP contribution in [-0.4, -0.2) is 0 Å². The van der Waals surface area contributed by atoms with Crippen LogP contribution in [0.1, 0.15) is 5.56 Å². The lowest BCUT2D eigenvalue weighted by molar-refractivity contribution is 0.304. The fourth-order valence-electron chi connectivity index (χ4n) is 1.49. The van der Waals surface area contributed by atoms with Crippen LogP contribution in [0.3, 0.4) is 0 Å². The summed E-state index contributed by atoms with van der Waals surface area (Å²) < 4.78 is 20.2. The van der Waals surface area contributed by atoms with Crippen molar-refractivity contribution in [2.75, 3.05) is 5.73 Å². The Kier molecular flexibility index (Phi) is 4.24. The molecule has 0 aliphatic rings. The molecule has 2 rings (SSSR count). The van der Waals surface area contributed by atoms with Crippen molar-refractivity contribution >= 4 is 37.5 Å². The van der Waals surface area contributed by atoms with Crippen LogP contribution in [-0.2, 0) is 6.61 Å². The molecule has 2 N–H and O–H groups in total. The van der Waals surface area contributed by atoms with Gasteiger partial charge >= 0.3 is 0 Å². The van der Waals surface area contributed by atoms with Crippen LogP contribution in [0.25, 0.3) is 0 Å². The van der Waals surface area contributed by atoms with Crippen LogP contribution in [0.2, 0.25) is 0 Å². The molecule has 0 aromatic heterocycles. The van der Waals surface area contributed by atoms with Crippen LogP contribution < -0.4 is 10.5 Å². The zero-order chi connectivity index (χ0) is 13.1. The van der Waals surface area contributed by atoms with Gasteiger partial charge in [0.2, 0.25) is 0 Å². The lowest BCUT2D eigenvalue weighted by Crippen LogP contribution is -1.98. The molecule has 0 atom stereocenters. The summed E-state index contributed by atoms with van der Waals surface area (Å²) >= 11 is 6.59. The first kappa shape index (κ1) is 13.4. The third kappa shape index (κ3) is 3.23. The monoisotopic (exact) mass is 373 g/mol. The fourth-order valence-corrected chi connectivity index (χ4v) is 2.39. The highest BCUT2D eigenvalue weighted by atomic mass is 79.9. The van der Waals surface area contributed by atoms with Crippen molar-refractivity contribution in [3.05, 3.63) is 56.7 Å². The van der Waals surface area contributed by atoms with E-state index in [4.69, 9.17) is 10.5 Å². The normalized spacial score (nSPS) is 10.4. The van der Waals surface area contributed by atoms with Gasteiger partial charge in [-0.15, -0.1) is 0 Å². The van der Waals surface area contributed by atoms with Crippen LogP contribution in [0, 0.1) is 5.82 Å². The van der Waals surface area contributed by atoms with Crippen LogP contribution in [0.4, 0.5) is 10.1 Å². The second kappa shape index (κ2) is 5.71. The number of nitrogen functional groups attached to an aromatic ring is 1. The van der Waals surface area contributed by atoms with Gasteiger partial charge in [-0.25, -0.2) is 4.39 Å². The Bertz CT molecular complexity index is 555. The quantitative estimate of drug-likeness (QED) is 0.802. The van der Waals surface area contributed by atoms with Gasteiger partial charge in [-0.2, -0.15) is 0 Å². The highest BCUT2D eigenvalue weighted by Gasteiger charge is 2.05. The van der Waals surface area contributed by atoms with Gasteiger partial charge in [0, 0.05) is 10.2 Å². The minimum atomic E-state index is -0.297. The second-order valence-corrected chi connectivity index (χ2v) is 5.43. The maximum absolute atomic E-state index is 13.2.